The van der Waals surface area contributed by atoms with Crippen molar-refractivity contribution in [3.8, 4) is 0 Å². The largest absolute Gasteiger partial charge is 0.326 e. The maximum Gasteiger partial charge on any atom is 0.264 e. The van der Waals surface area contributed by atoms with Crippen LogP contribution in [0.15, 0.2) is 47.4 Å². The smallest absolute Gasteiger partial charge is 0.264 e. The fourth-order valence-corrected chi connectivity index (χ4v) is 4.42. The predicted molar refractivity (Wildman–Crippen MR) is 99.2 cm³/mol. The van der Waals surface area contributed by atoms with Crippen LogP contribution < -0.4 is 9.62 Å². The molecule has 0 spiro atoms. The lowest BCUT2D eigenvalue weighted by molar-refractivity contribution is -0.118. The summed E-state index contributed by atoms with van der Waals surface area (Å²) in [5.74, 6) is -0.791. The van der Waals surface area contributed by atoms with E-state index in [0.29, 0.717) is 24.3 Å². The standard InChI is InChI=1S/C19H21FN2O3S/c1-13(2)19(23)21-16-8-5-14-4-3-11-22(18(14)12-16)26(24,25)17-9-6-15(20)7-10-17/h5-10,12-13H,3-4,11H2,1-2H3,(H,21,23). The van der Waals surface area contributed by atoms with Gasteiger partial charge in [-0.2, -0.15) is 0 Å². The molecule has 5 nitrogen and oxygen atoms in total. The minimum Gasteiger partial charge on any atom is -0.326 e. The minimum absolute atomic E-state index is 0.0448. The number of rotatable bonds is 4. The number of benzene rings is 2. The van der Waals surface area contributed by atoms with Gasteiger partial charge in [-0.3, -0.25) is 9.10 Å². The van der Waals surface area contributed by atoms with Crippen LogP contribution in [0.2, 0.25) is 0 Å². The highest BCUT2D eigenvalue weighted by atomic mass is 32.2. The molecule has 1 heterocycles. The number of nitrogens with one attached hydrogen (secondary N) is 1. The van der Waals surface area contributed by atoms with Gasteiger partial charge in [-0.05, 0) is 54.8 Å². The summed E-state index contributed by atoms with van der Waals surface area (Å²) in [4.78, 5) is 12.0. The van der Waals surface area contributed by atoms with Crippen LogP contribution in [0.4, 0.5) is 15.8 Å². The highest BCUT2D eigenvalue weighted by Crippen LogP contribution is 2.34. The van der Waals surface area contributed by atoms with Gasteiger partial charge in [0, 0.05) is 18.2 Å². The van der Waals surface area contributed by atoms with Crippen molar-refractivity contribution in [1.82, 2.24) is 0 Å². The molecule has 0 atom stereocenters. The van der Waals surface area contributed by atoms with E-state index in [-0.39, 0.29) is 16.7 Å². The Hall–Kier alpha value is -2.41. The maximum atomic E-state index is 13.1. The summed E-state index contributed by atoms with van der Waals surface area (Å²) in [5, 5.41) is 2.80. The van der Waals surface area contributed by atoms with Gasteiger partial charge in [-0.25, -0.2) is 12.8 Å². The van der Waals surface area contributed by atoms with E-state index in [0.717, 1.165) is 24.1 Å². The Morgan fingerprint density at radius 1 is 1.15 bits per heavy atom. The van der Waals surface area contributed by atoms with Crippen LogP contribution in [0.1, 0.15) is 25.8 Å². The van der Waals surface area contributed by atoms with E-state index >= 15 is 0 Å². The maximum absolute atomic E-state index is 13.1. The van der Waals surface area contributed by atoms with Gasteiger partial charge in [0.1, 0.15) is 5.82 Å². The van der Waals surface area contributed by atoms with Gasteiger partial charge in [0.05, 0.1) is 10.6 Å². The fraction of sp³-hybridized carbons (Fsp3) is 0.316. The highest BCUT2D eigenvalue weighted by molar-refractivity contribution is 7.92. The number of hydrogen-bond donors (Lipinski definition) is 1. The molecule has 7 heteroatoms. The molecule has 1 aliphatic heterocycles. The topological polar surface area (TPSA) is 66.5 Å². The lowest BCUT2D eigenvalue weighted by Crippen LogP contribution is -2.35. The summed E-state index contributed by atoms with van der Waals surface area (Å²) in [7, 11) is -3.80. The Morgan fingerprint density at radius 2 is 1.85 bits per heavy atom. The summed E-state index contributed by atoms with van der Waals surface area (Å²) >= 11 is 0. The zero-order valence-electron chi connectivity index (χ0n) is 14.7. The fourth-order valence-electron chi connectivity index (χ4n) is 2.89. The number of amides is 1. The van der Waals surface area contributed by atoms with Crippen molar-refractivity contribution < 1.29 is 17.6 Å². The Bertz CT molecular complexity index is 924. The molecule has 26 heavy (non-hydrogen) atoms. The van der Waals surface area contributed by atoms with Gasteiger partial charge in [0.2, 0.25) is 5.91 Å². The number of carbonyl (C=O) groups is 1. The third kappa shape index (κ3) is 3.58. The van der Waals surface area contributed by atoms with Gasteiger partial charge >= 0.3 is 0 Å². The molecule has 1 amide bonds. The molecular formula is C19H21FN2O3S. The van der Waals surface area contributed by atoms with E-state index in [9.17, 15) is 17.6 Å². The van der Waals surface area contributed by atoms with Crippen LogP contribution in [0.3, 0.4) is 0 Å². The summed E-state index contributed by atoms with van der Waals surface area (Å²) in [6, 6.07) is 10.1. The molecule has 3 rings (SSSR count). The van der Waals surface area contributed by atoms with Crippen LogP contribution in [0.25, 0.3) is 0 Å². The van der Waals surface area contributed by atoms with E-state index in [2.05, 4.69) is 5.32 Å². The van der Waals surface area contributed by atoms with Crippen LogP contribution in [0, 0.1) is 11.7 Å². The van der Waals surface area contributed by atoms with Gasteiger partial charge < -0.3 is 5.32 Å². The monoisotopic (exact) mass is 376 g/mol. The summed E-state index contributed by atoms with van der Waals surface area (Å²) < 4.78 is 40.5. The lowest BCUT2D eigenvalue weighted by atomic mass is 10.0. The predicted octanol–water partition coefficient (Wildman–Crippen LogP) is 3.56. The molecule has 0 fully saturated rings. The third-order valence-electron chi connectivity index (χ3n) is 4.35. The van der Waals surface area contributed by atoms with E-state index in [4.69, 9.17) is 0 Å². The molecule has 2 aromatic carbocycles. The first-order valence-corrected chi connectivity index (χ1v) is 9.95. The molecule has 0 radical (unpaired) electrons. The number of hydrogen-bond acceptors (Lipinski definition) is 3. The number of halogens is 1. The number of fused-ring (bicyclic) bond motifs is 1. The summed E-state index contributed by atoms with van der Waals surface area (Å²) in [6.07, 6.45) is 1.47. The van der Waals surface area contributed by atoms with Crippen molar-refractivity contribution >= 4 is 27.3 Å². The number of nitrogens with zero attached hydrogens (tertiary/aromatic N) is 1. The number of aryl methyl sites for hydroxylation is 1. The van der Waals surface area contributed by atoms with Crippen molar-refractivity contribution in [3.05, 3.63) is 53.8 Å². The Morgan fingerprint density at radius 3 is 2.50 bits per heavy atom. The third-order valence-corrected chi connectivity index (χ3v) is 6.18. The minimum atomic E-state index is -3.80. The van der Waals surface area contributed by atoms with E-state index in [1.165, 1.54) is 16.4 Å². The molecule has 0 saturated carbocycles. The average Bonchev–Trinajstić information content (AvgIpc) is 2.61. The molecule has 1 N–H and O–H groups in total. The second-order valence-electron chi connectivity index (χ2n) is 6.62. The zero-order chi connectivity index (χ0) is 18.9. The number of sulfonamides is 1. The van der Waals surface area contributed by atoms with Crippen molar-refractivity contribution in [1.29, 1.82) is 0 Å². The molecule has 2 aromatic rings. The quantitative estimate of drug-likeness (QED) is 0.887. The van der Waals surface area contributed by atoms with Crippen LogP contribution in [-0.4, -0.2) is 20.9 Å². The second-order valence-corrected chi connectivity index (χ2v) is 8.48. The molecule has 0 saturated heterocycles. The van der Waals surface area contributed by atoms with Crippen LogP contribution in [-0.2, 0) is 21.2 Å². The van der Waals surface area contributed by atoms with E-state index in [1.807, 2.05) is 6.07 Å². The zero-order valence-corrected chi connectivity index (χ0v) is 15.5. The molecule has 0 aromatic heterocycles. The second kappa shape index (κ2) is 7.07. The van der Waals surface area contributed by atoms with Crippen molar-refractivity contribution in [2.24, 2.45) is 5.92 Å². The molecule has 0 bridgehead atoms. The number of anilines is 2. The van der Waals surface area contributed by atoms with Crippen molar-refractivity contribution in [2.45, 2.75) is 31.6 Å². The van der Waals surface area contributed by atoms with Crippen LogP contribution in [0.5, 0.6) is 0 Å². The lowest BCUT2D eigenvalue weighted by Gasteiger charge is -2.31. The Balaban J connectivity index is 1.99. The Labute approximate surface area is 152 Å². The van der Waals surface area contributed by atoms with E-state index < -0.39 is 15.8 Å². The first kappa shape index (κ1) is 18.4. The summed E-state index contributed by atoms with van der Waals surface area (Å²) in [5.41, 5.74) is 2.02. The highest BCUT2D eigenvalue weighted by Gasteiger charge is 2.29. The van der Waals surface area contributed by atoms with Gasteiger partial charge in [0.25, 0.3) is 10.0 Å². The van der Waals surface area contributed by atoms with Gasteiger partial charge in [0.15, 0.2) is 0 Å². The van der Waals surface area contributed by atoms with Crippen molar-refractivity contribution in [2.75, 3.05) is 16.2 Å². The first-order valence-electron chi connectivity index (χ1n) is 8.51. The molecular weight excluding hydrogens is 355 g/mol. The first-order chi connectivity index (χ1) is 12.3. The normalized spacial score (nSPS) is 14.2. The van der Waals surface area contributed by atoms with E-state index in [1.54, 1.807) is 26.0 Å². The number of carbonyl (C=O) groups excluding carboxylic acids is 1. The van der Waals surface area contributed by atoms with Gasteiger partial charge in [-0.1, -0.05) is 19.9 Å². The molecule has 1 aliphatic rings. The van der Waals surface area contributed by atoms with Crippen LogP contribution >= 0.6 is 0 Å². The Kier molecular flexibility index (Phi) is 5.00. The molecule has 0 aliphatic carbocycles. The average molecular weight is 376 g/mol. The molecule has 138 valence electrons. The SMILES string of the molecule is CC(C)C(=O)Nc1ccc2c(c1)N(S(=O)(=O)c1ccc(F)cc1)CCC2. The molecule has 0 unspecified atom stereocenters. The summed E-state index contributed by atoms with van der Waals surface area (Å²) in [6.45, 7) is 3.92. The van der Waals surface area contributed by atoms with Gasteiger partial charge in [-0.15, -0.1) is 0 Å². The van der Waals surface area contributed by atoms with Crippen molar-refractivity contribution in [3.63, 3.8) is 0 Å².